The molecule has 6 heteroatoms. The zero-order valence-electron chi connectivity index (χ0n) is 14.4. The van der Waals surface area contributed by atoms with Crippen LogP contribution in [0.15, 0.2) is 24.3 Å². The maximum Gasteiger partial charge on any atom is 0.280 e. The Morgan fingerprint density at radius 1 is 1.12 bits per heavy atom. The number of aromatic nitrogens is 3. The van der Waals surface area contributed by atoms with Crippen molar-refractivity contribution in [1.29, 1.82) is 0 Å². The largest absolute Gasteiger partial charge is 0.479 e. The molecule has 1 fully saturated rings. The molecule has 0 saturated carbocycles. The summed E-state index contributed by atoms with van der Waals surface area (Å²) in [4.78, 5) is 14.6. The lowest BCUT2D eigenvalue weighted by Crippen LogP contribution is -2.32. The number of hydrogen-bond acceptors (Lipinski definition) is 4. The Hall–Kier alpha value is -2.37. The highest BCUT2D eigenvalue weighted by Crippen LogP contribution is 2.21. The van der Waals surface area contributed by atoms with Crippen LogP contribution in [0.2, 0.25) is 0 Å². The van der Waals surface area contributed by atoms with Gasteiger partial charge in [-0.3, -0.25) is 4.79 Å². The first-order valence-corrected chi connectivity index (χ1v) is 8.51. The third kappa shape index (κ3) is 3.58. The van der Waals surface area contributed by atoms with Crippen molar-refractivity contribution in [3.05, 3.63) is 41.1 Å². The van der Waals surface area contributed by atoms with Gasteiger partial charge in [0.15, 0.2) is 0 Å². The second kappa shape index (κ2) is 7.47. The third-order valence-electron chi connectivity index (χ3n) is 4.43. The number of rotatable bonds is 4. The van der Waals surface area contributed by atoms with Crippen molar-refractivity contribution in [2.24, 2.45) is 0 Å². The summed E-state index contributed by atoms with van der Waals surface area (Å²) in [5, 5.41) is 8.24. The smallest absolute Gasteiger partial charge is 0.280 e. The molecule has 0 bridgehead atoms. The number of amides is 1. The average Bonchev–Trinajstić information content (AvgIpc) is 2.81. The standard InChI is InChI=1S/C18H24N4O2/c1-14-7-9-15(10-8-14)13-22-18(24-2)16(19-20-22)17(23)21-11-5-3-4-6-12-21/h7-10H,3-6,11-13H2,1-2H3. The molecule has 1 aromatic carbocycles. The lowest BCUT2D eigenvalue weighted by Gasteiger charge is -2.19. The molecule has 24 heavy (non-hydrogen) atoms. The van der Waals surface area contributed by atoms with Gasteiger partial charge in [-0.1, -0.05) is 47.9 Å². The highest BCUT2D eigenvalue weighted by molar-refractivity contribution is 5.94. The van der Waals surface area contributed by atoms with E-state index in [4.69, 9.17) is 4.74 Å². The van der Waals surface area contributed by atoms with Crippen LogP contribution in [0.5, 0.6) is 5.88 Å². The summed E-state index contributed by atoms with van der Waals surface area (Å²) < 4.78 is 7.09. The second-order valence-electron chi connectivity index (χ2n) is 6.30. The molecule has 6 nitrogen and oxygen atoms in total. The first kappa shape index (κ1) is 16.5. The quantitative estimate of drug-likeness (QED) is 0.866. The zero-order chi connectivity index (χ0) is 16.9. The van der Waals surface area contributed by atoms with Gasteiger partial charge in [0.25, 0.3) is 5.91 Å². The summed E-state index contributed by atoms with van der Waals surface area (Å²) >= 11 is 0. The van der Waals surface area contributed by atoms with Crippen molar-refractivity contribution >= 4 is 5.91 Å². The molecule has 128 valence electrons. The first-order valence-electron chi connectivity index (χ1n) is 8.51. The van der Waals surface area contributed by atoms with E-state index in [-0.39, 0.29) is 5.91 Å². The van der Waals surface area contributed by atoms with Crippen LogP contribution >= 0.6 is 0 Å². The Kier molecular flexibility index (Phi) is 5.13. The van der Waals surface area contributed by atoms with E-state index in [9.17, 15) is 4.79 Å². The second-order valence-corrected chi connectivity index (χ2v) is 6.30. The fraction of sp³-hybridized carbons (Fsp3) is 0.500. The van der Waals surface area contributed by atoms with Crippen molar-refractivity contribution in [3.63, 3.8) is 0 Å². The number of carbonyl (C=O) groups excluding carboxylic acids is 1. The molecular weight excluding hydrogens is 304 g/mol. The SMILES string of the molecule is COc1c(C(=O)N2CCCCCC2)nnn1Cc1ccc(C)cc1. The Balaban J connectivity index is 1.80. The monoisotopic (exact) mass is 328 g/mol. The summed E-state index contributed by atoms with van der Waals surface area (Å²) in [7, 11) is 1.56. The highest BCUT2D eigenvalue weighted by atomic mass is 16.5. The van der Waals surface area contributed by atoms with E-state index in [0.717, 1.165) is 31.5 Å². The van der Waals surface area contributed by atoms with Crippen LogP contribution in [0.4, 0.5) is 0 Å². The van der Waals surface area contributed by atoms with E-state index in [1.54, 1.807) is 11.8 Å². The van der Waals surface area contributed by atoms with E-state index in [0.29, 0.717) is 18.1 Å². The fourth-order valence-corrected chi connectivity index (χ4v) is 3.03. The molecule has 0 atom stereocenters. The number of hydrogen-bond donors (Lipinski definition) is 0. The minimum atomic E-state index is -0.0797. The Bertz CT molecular complexity index is 686. The van der Waals surface area contributed by atoms with E-state index < -0.39 is 0 Å². The normalized spacial score (nSPS) is 15.2. The third-order valence-corrected chi connectivity index (χ3v) is 4.43. The molecule has 0 aliphatic carbocycles. The maximum atomic E-state index is 12.8. The molecule has 3 rings (SSSR count). The molecular formula is C18H24N4O2. The number of ether oxygens (including phenoxy) is 1. The molecule has 1 amide bonds. The van der Waals surface area contributed by atoms with Crippen LogP contribution in [0.3, 0.4) is 0 Å². The minimum Gasteiger partial charge on any atom is -0.479 e. The topological polar surface area (TPSA) is 60.2 Å². The number of likely N-dealkylation sites (tertiary alicyclic amines) is 1. The molecule has 0 radical (unpaired) electrons. The van der Waals surface area contributed by atoms with Crippen molar-refractivity contribution < 1.29 is 9.53 Å². The number of carbonyl (C=O) groups is 1. The first-order chi connectivity index (χ1) is 11.7. The molecule has 1 aliphatic rings. The van der Waals surface area contributed by atoms with Gasteiger partial charge in [-0.25, -0.2) is 4.68 Å². The predicted molar refractivity (Wildman–Crippen MR) is 91.2 cm³/mol. The molecule has 1 aromatic heterocycles. The van der Waals surface area contributed by atoms with Gasteiger partial charge in [-0.2, -0.15) is 0 Å². The van der Waals surface area contributed by atoms with Crippen molar-refractivity contribution in [2.75, 3.05) is 20.2 Å². The van der Waals surface area contributed by atoms with Gasteiger partial charge >= 0.3 is 0 Å². The van der Waals surface area contributed by atoms with E-state index >= 15 is 0 Å². The summed E-state index contributed by atoms with van der Waals surface area (Å²) in [6, 6.07) is 8.21. The van der Waals surface area contributed by atoms with Gasteiger partial charge in [-0.05, 0) is 25.3 Å². The fourth-order valence-electron chi connectivity index (χ4n) is 3.03. The van der Waals surface area contributed by atoms with Crippen LogP contribution in [0, 0.1) is 6.92 Å². The maximum absolute atomic E-state index is 12.8. The molecule has 2 aromatic rings. The van der Waals surface area contributed by atoms with Crippen LogP contribution in [-0.2, 0) is 6.54 Å². The lowest BCUT2D eigenvalue weighted by molar-refractivity contribution is 0.0752. The van der Waals surface area contributed by atoms with Crippen molar-refractivity contribution in [2.45, 2.75) is 39.2 Å². The number of nitrogens with zero attached hydrogens (tertiary/aromatic N) is 4. The van der Waals surface area contributed by atoms with Crippen molar-refractivity contribution in [3.8, 4) is 5.88 Å². The summed E-state index contributed by atoms with van der Waals surface area (Å²) in [5.41, 5.74) is 2.62. The van der Waals surface area contributed by atoms with E-state index in [1.807, 2.05) is 17.0 Å². The molecule has 0 spiro atoms. The van der Waals surface area contributed by atoms with Gasteiger partial charge in [0, 0.05) is 13.1 Å². The predicted octanol–water partition coefficient (Wildman–Crippen LogP) is 2.66. The van der Waals surface area contributed by atoms with Crippen LogP contribution < -0.4 is 4.74 Å². The van der Waals surface area contributed by atoms with Crippen LogP contribution in [0.1, 0.15) is 47.3 Å². The lowest BCUT2D eigenvalue weighted by atomic mass is 10.1. The number of aryl methyl sites for hydroxylation is 1. The van der Waals surface area contributed by atoms with Gasteiger partial charge < -0.3 is 9.64 Å². The Morgan fingerprint density at radius 2 is 1.79 bits per heavy atom. The van der Waals surface area contributed by atoms with Gasteiger partial charge in [0.05, 0.1) is 13.7 Å². The highest BCUT2D eigenvalue weighted by Gasteiger charge is 2.26. The Labute approximate surface area is 142 Å². The summed E-state index contributed by atoms with van der Waals surface area (Å²) in [6.45, 7) is 4.15. The van der Waals surface area contributed by atoms with Crippen LogP contribution in [0.25, 0.3) is 0 Å². The molecule has 1 aliphatic heterocycles. The summed E-state index contributed by atoms with van der Waals surface area (Å²) in [5.74, 6) is 0.355. The van der Waals surface area contributed by atoms with E-state index in [2.05, 4.69) is 29.4 Å². The summed E-state index contributed by atoms with van der Waals surface area (Å²) in [6.07, 6.45) is 4.46. The number of methoxy groups -OCH3 is 1. The van der Waals surface area contributed by atoms with Crippen LogP contribution in [-0.4, -0.2) is 46.0 Å². The van der Waals surface area contributed by atoms with Crippen molar-refractivity contribution in [1.82, 2.24) is 19.9 Å². The van der Waals surface area contributed by atoms with Gasteiger partial charge in [0.1, 0.15) is 0 Å². The average molecular weight is 328 g/mol. The van der Waals surface area contributed by atoms with Gasteiger partial charge in [0.2, 0.25) is 11.6 Å². The zero-order valence-corrected chi connectivity index (χ0v) is 14.4. The molecule has 0 N–H and O–H groups in total. The Morgan fingerprint density at radius 3 is 2.42 bits per heavy atom. The molecule has 2 heterocycles. The number of benzene rings is 1. The van der Waals surface area contributed by atoms with E-state index in [1.165, 1.54) is 18.4 Å². The minimum absolute atomic E-state index is 0.0797. The van der Waals surface area contributed by atoms with Gasteiger partial charge in [-0.15, -0.1) is 5.10 Å². The molecule has 0 unspecified atom stereocenters. The molecule has 1 saturated heterocycles.